The maximum Gasteiger partial charge on any atom is 0.199 e. The van der Waals surface area contributed by atoms with Gasteiger partial charge in [0.2, 0.25) is 0 Å². The molecule has 0 amide bonds. The number of aryl methyl sites for hydroxylation is 1. The molecule has 2 aromatic rings. The van der Waals surface area contributed by atoms with Crippen LogP contribution in [0.4, 0.5) is 5.82 Å². The summed E-state index contributed by atoms with van der Waals surface area (Å²) in [5.74, 6) is 1.22. The lowest BCUT2D eigenvalue weighted by Crippen LogP contribution is -2.46. The summed E-state index contributed by atoms with van der Waals surface area (Å²) >= 11 is 6.15. The largest absolute Gasteiger partial charge is 0.490 e. The molecule has 6 heteroatoms. The van der Waals surface area contributed by atoms with Gasteiger partial charge in [-0.05, 0) is 37.7 Å². The van der Waals surface area contributed by atoms with Crippen LogP contribution in [0.1, 0.15) is 31.2 Å². The predicted octanol–water partition coefficient (Wildman–Crippen LogP) is 3.74. The Hall–Kier alpha value is -1.85. The van der Waals surface area contributed by atoms with Gasteiger partial charge in [0.25, 0.3) is 0 Å². The molecular weight excluding hydrogens is 350 g/mol. The topological polar surface area (TPSA) is 58.5 Å². The third-order valence-electron chi connectivity index (χ3n) is 5.26. The van der Waals surface area contributed by atoms with E-state index in [1.807, 2.05) is 6.07 Å². The van der Waals surface area contributed by atoms with Gasteiger partial charge in [-0.2, -0.15) is 0 Å². The fourth-order valence-electron chi connectivity index (χ4n) is 3.86. The van der Waals surface area contributed by atoms with Crippen LogP contribution in [0.15, 0.2) is 36.7 Å². The molecule has 0 spiro atoms. The average Bonchev–Trinajstić information content (AvgIpc) is 2.69. The summed E-state index contributed by atoms with van der Waals surface area (Å²) in [4.78, 5) is 10.6. The molecule has 1 saturated heterocycles. The van der Waals surface area contributed by atoms with Gasteiger partial charge in [0, 0.05) is 18.5 Å². The first kappa shape index (κ1) is 18.9. The van der Waals surface area contributed by atoms with Crippen LogP contribution in [-0.4, -0.2) is 41.9 Å². The number of aliphatic hydroxyl groups excluding tert-OH is 1. The second kappa shape index (κ2) is 8.69. The molecule has 0 radical (unpaired) electrons. The Morgan fingerprint density at radius 2 is 2.08 bits per heavy atom. The van der Waals surface area contributed by atoms with Crippen LogP contribution in [0.3, 0.4) is 0 Å². The smallest absolute Gasteiger partial charge is 0.199 e. The van der Waals surface area contributed by atoms with E-state index >= 15 is 0 Å². The summed E-state index contributed by atoms with van der Waals surface area (Å²) in [7, 11) is 1.58. The Morgan fingerprint density at radius 3 is 2.81 bits per heavy atom. The van der Waals surface area contributed by atoms with E-state index in [-0.39, 0.29) is 12.0 Å². The number of nitrogens with zero attached hydrogens (tertiary/aromatic N) is 3. The van der Waals surface area contributed by atoms with Crippen LogP contribution in [0.2, 0.25) is 5.15 Å². The molecule has 1 aromatic carbocycles. The minimum absolute atomic E-state index is 0.116. The second-order valence-electron chi connectivity index (χ2n) is 7.04. The van der Waals surface area contributed by atoms with Gasteiger partial charge in [0.05, 0.1) is 13.7 Å². The van der Waals surface area contributed by atoms with E-state index in [4.69, 9.17) is 16.3 Å². The second-order valence-corrected chi connectivity index (χ2v) is 7.40. The number of aliphatic hydroxyl groups is 1. The van der Waals surface area contributed by atoms with Gasteiger partial charge >= 0.3 is 0 Å². The van der Waals surface area contributed by atoms with Crippen LogP contribution >= 0.6 is 11.6 Å². The van der Waals surface area contributed by atoms with Crippen molar-refractivity contribution in [2.45, 2.75) is 32.1 Å². The number of halogens is 1. The van der Waals surface area contributed by atoms with Crippen LogP contribution in [0.5, 0.6) is 5.75 Å². The zero-order valence-electron chi connectivity index (χ0n) is 15.2. The van der Waals surface area contributed by atoms with Crippen molar-refractivity contribution in [2.75, 3.05) is 31.7 Å². The van der Waals surface area contributed by atoms with Crippen molar-refractivity contribution in [3.8, 4) is 5.75 Å². The quantitative estimate of drug-likeness (QED) is 0.747. The Kier molecular flexibility index (Phi) is 6.33. The van der Waals surface area contributed by atoms with Crippen LogP contribution in [-0.2, 0) is 6.42 Å². The molecule has 0 aliphatic carbocycles. The summed E-state index contributed by atoms with van der Waals surface area (Å²) in [5.41, 5.74) is 1.23. The first-order valence-corrected chi connectivity index (χ1v) is 9.49. The van der Waals surface area contributed by atoms with Gasteiger partial charge < -0.3 is 14.7 Å². The molecular formula is C20H26ClN3O2. The fourth-order valence-corrected chi connectivity index (χ4v) is 4.06. The Bertz CT molecular complexity index is 713. The number of hydrogen-bond acceptors (Lipinski definition) is 5. The lowest BCUT2D eigenvalue weighted by atomic mass is 9.76. The van der Waals surface area contributed by atoms with Crippen molar-refractivity contribution < 1.29 is 9.84 Å². The summed E-state index contributed by atoms with van der Waals surface area (Å²) in [6.45, 7) is 1.81. The molecule has 1 aliphatic heterocycles. The Morgan fingerprint density at radius 1 is 1.27 bits per heavy atom. The van der Waals surface area contributed by atoms with Crippen LogP contribution in [0, 0.1) is 5.41 Å². The maximum atomic E-state index is 10.2. The zero-order chi connectivity index (χ0) is 18.4. The summed E-state index contributed by atoms with van der Waals surface area (Å²) in [6.07, 6.45) is 6.57. The summed E-state index contributed by atoms with van der Waals surface area (Å²) in [6, 6.07) is 10.5. The molecule has 1 fully saturated rings. The number of anilines is 1. The van der Waals surface area contributed by atoms with E-state index in [0.717, 1.165) is 45.2 Å². The van der Waals surface area contributed by atoms with Gasteiger partial charge in [-0.25, -0.2) is 9.97 Å². The molecule has 0 bridgehead atoms. The molecule has 5 nitrogen and oxygen atoms in total. The average molecular weight is 376 g/mol. The lowest BCUT2D eigenvalue weighted by molar-refractivity contribution is 0.0937. The standard InChI is InChI=1S/C20H26ClN3O2/c1-26-17-18(21)22-15-23-19(17)24-12-6-11-20(13-24,14-25)10-5-9-16-7-3-2-4-8-16/h2-4,7-8,15,25H,5-6,9-14H2,1H3. The van der Waals surface area contributed by atoms with Gasteiger partial charge in [0.1, 0.15) is 6.33 Å². The van der Waals surface area contributed by atoms with Crippen molar-refractivity contribution in [1.82, 2.24) is 9.97 Å². The molecule has 140 valence electrons. The van der Waals surface area contributed by atoms with Gasteiger partial charge in [0.15, 0.2) is 16.7 Å². The molecule has 1 N–H and O–H groups in total. The minimum atomic E-state index is -0.116. The monoisotopic (exact) mass is 375 g/mol. The van der Waals surface area contributed by atoms with Crippen molar-refractivity contribution in [3.05, 3.63) is 47.4 Å². The highest BCUT2D eigenvalue weighted by Crippen LogP contribution is 2.39. The molecule has 1 aromatic heterocycles. The highest BCUT2D eigenvalue weighted by atomic mass is 35.5. The predicted molar refractivity (Wildman–Crippen MR) is 104 cm³/mol. The van der Waals surface area contributed by atoms with E-state index in [1.165, 1.54) is 11.9 Å². The molecule has 2 heterocycles. The van der Waals surface area contributed by atoms with E-state index in [1.54, 1.807) is 7.11 Å². The zero-order valence-corrected chi connectivity index (χ0v) is 16.0. The molecule has 26 heavy (non-hydrogen) atoms. The molecule has 1 atom stereocenters. The molecule has 3 rings (SSSR count). The number of piperidine rings is 1. The first-order chi connectivity index (χ1) is 12.7. The third-order valence-corrected chi connectivity index (χ3v) is 5.53. The number of hydrogen-bond donors (Lipinski definition) is 1. The van der Waals surface area contributed by atoms with E-state index in [2.05, 4.69) is 39.1 Å². The summed E-state index contributed by atoms with van der Waals surface area (Å²) < 4.78 is 5.41. The van der Waals surface area contributed by atoms with Gasteiger partial charge in [-0.3, -0.25) is 0 Å². The van der Waals surface area contributed by atoms with Crippen molar-refractivity contribution in [3.63, 3.8) is 0 Å². The van der Waals surface area contributed by atoms with E-state index in [9.17, 15) is 5.11 Å². The van der Waals surface area contributed by atoms with E-state index < -0.39 is 0 Å². The number of ether oxygens (including phenoxy) is 1. The number of rotatable bonds is 7. The van der Waals surface area contributed by atoms with Gasteiger partial charge in [-0.1, -0.05) is 41.9 Å². The van der Waals surface area contributed by atoms with Gasteiger partial charge in [-0.15, -0.1) is 0 Å². The first-order valence-electron chi connectivity index (χ1n) is 9.12. The third kappa shape index (κ3) is 4.27. The normalized spacial score (nSPS) is 20.2. The lowest BCUT2D eigenvalue weighted by Gasteiger charge is -2.42. The molecule has 1 unspecified atom stereocenters. The van der Waals surface area contributed by atoms with Crippen molar-refractivity contribution >= 4 is 17.4 Å². The number of aromatic nitrogens is 2. The SMILES string of the molecule is COc1c(Cl)ncnc1N1CCCC(CO)(CCCc2ccccc2)C1. The molecule has 1 aliphatic rings. The van der Waals surface area contributed by atoms with Crippen molar-refractivity contribution in [2.24, 2.45) is 5.41 Å². The minimum Gasteiger partial charge on any atom is -0.490 e. The maximum absolute atomic E-state index is 10.2. The highest BCUT2D eigenvalue weighted by Gasteiger charge is 2.36. The highest BCUT2D eigenvalue weighted by molar-refractivity contribution is 6.31. The fraction of sp³-hybridized carbons (Fsp3) is 0.500. The summed E-state index contributed by atoms with van der Waals surface area (Å²) in [5, 5.41) is 10.5. The van der Waals surface area contributed by atoms with Crippen LogP contribution < -0.4 is 9.64 Å². The Balaban J connectivity index is 1.69. The number of benzene rings is 1. The Labute approximate surface area is 160 Å². The molecule has 0 saturated carbocycles. The van der Waals surface area contributed by atoms with Crippen molar-refractivity contribution in [1.29, 1.82) is 0 Å². The van der Waals surface area contributed by atoms with Crippen LogP contribution in [0.25, 0.3) is 0 Å². The number of methoxy groups -OCH3 is 1. The van der Waals surface area contributed by atoms with E-state index in [0.29, 0.717) is 16.7 Å².